The van der Waals surface area contributed by atoms with E-state index in [0.29, 0.717) is 12.1 Å². The van der Waals surface area contributed by atoms with E-state index < -0.39 is 0 Å². The third-order valence-corrected chi connectivity index (χ3v) is 1.80. The van der Waals surface area contributed by atoms with Gasteiger partial charge < -0.3 is 10.1 Å². The maximum absolute atomic E-state index is 5.30. The number of rotatable bonds is 4. The zero-order valence-corrected chi connectivity index (χ0v) is 6.47. The van der Waals surface area contributed by atoms with E-state index >= 15 is 0 Å². The molecule has 2 nitrogen and oxygen atoms in total. The second-order valence-corrected chi connectivity index (χ2v) is 2.56. The van der Waals surface area contributed by atoms with Crippen molar-refractivity contribution in [2.75, 3.05) is 13.2 Å². The van der Waals surface area contributed by atoms with Crippen LogP contribution in [-0.4, -0.2) is 25.3 Å². The van der Waals surface area contributed by atoms with Gasteiger partial charge in [0.1, 0.15) is 0 Å². The minimum atomic E-state index is 0.387. The summed E-state index contributed by atoms with van der Waals surface area (Å²) in [5, 5.41) is 3.34. The first-order chi connectivity index (χ1) is 4.88. The molecule has 1 saturated heterocycles. The summed E-state index contributed by atoms with van der Waals surface area (Å²) in [4.78, 5) is 0. The van der Waals surface area contributed by atoms with Crippen molar-refractivity contribution in [2.45, 2.75) is 25.5 Å². The van der Waals surface area contributed by atoms with Crippen LogP contribution >= 0.6 is 0 Å². The number of hydrogen-bond donors (Lipinski definition) is 1. The van der Waals surface area contributed by atoms with E-state index in [0.717, 1.165) is 19.6 Å². The molecule has 1 fully saturated rings. The van der Waals surface area contributed by atoms with Crippen molar-refractivity contribution in [3.8, 4) is 0 Å². The van der Waals surface area contributed by atoms with E-state index in [9.17, 15) is 0 Å². The molecule has 2 unspecified atom stereocenters. The minimum Gasteiger partial charge on any atom is -0.374 e. The van der Waals surface area contributed by atoms with Crippen molar-refractivity contribution < 1.29 is 4.74 Å². The summed E-state index contributed by atoms with van der Waals surface area (Å²) in [7, 11) is 0. The maximum Gasteiger partial charge on any atom is 0.0785 e. The van der Waals surface area contributed by atoms with Crippen molar-refractivity contribution in [3.05, 3.63) is 12.7 Å². The highest BCUT2D eigenvalue weighted by molar-refractivity contribution is 4.89. The zero-order chi connectivity index (χ0) is 7.40. The van der Waals surface area contributed by atoms with Crippen LogP contribution in [0.15, 0.2) is 12.7 Å². The lowest BCUT2D eigenvalue weighted by Gasteiger charge is -2.36. The van der Waals surface area contributed by atoms with Gasteiger partial charge >= 0.3 is 0 Å². The second kappa shape index (κ2) is 3.74. The van der Waals surface area contributed by atoms with Crippen LogP contribution in [0, 0.1) is 0 Å². The maximum atomic E-state index is 5.30. The highest BCUT2D eigenvalue weighted by Crippen LogP contribution is 2.15. The molecule has 0 aliphatic carbocycles. The summed E-state index contributed by atoms with van der Waals surface area (Å²) in [6.45, 7) is 7.68. The smallest absolute Gasteiger partial charge is 0.0785 e. The van der Waals surface area contributed by atoms with Gasteiger partial charge in [-0.25, -0.2) is 0 Å². The molecule has 1 aliphatic heterocycles. The fourth-order valence-electron chi connectivity index (χ4n) is 1.18. The molecular weight excluding hydrogens is 126 g/mol. The summed E-state index contributed by atoms with van der Waals surface area (Å²) in [5.41, 5.74) is 0. The molecule has 10 heavy (non-hydrogen) atoms. The molecule has 1 rings (SSSR count). The summed E-state index contributed by atoms with van der Waals surface area (Å²) in [6.07, 6.45) is 3.27. The van der Waals surface area contributed by atoms with Gasteiger partial charge in [-0.1, -0.05) is 13.0 Å². The predicted octanol–water partition coefficient (Wildman–Crippen LogP) is 0.939. The molecule has 0 aromatic rings. The van der Waals surface area contributed by atoms with Gasteiger partial charge in [0.25, 0.3) is 0 Å². The van der Waals surface area contributed by atoms with Crippen molar-refractivity contribution in [1.82, 2.24) is 5.32 Å². The van der Waals surface area contributed by atoms with E-state index in [4.69, 9.17) is 4.74 Å². The Morgan fingerprint density at radius 2 is 2.60 bits per heavy atom. The van der Waals surface area contributed by atoms with Crippen LogP contribution in [0.4, 0.5) is 0 Å². The van der Waals surface area contributed by atoms with Gasteiger partial charge in [0, 0.05) is 0 Å². The van der Waals surface area contributed by atoms with Crippen molar-refractivity contribution >= 4 is 0 Å². The van der Waals surface area contributed by atoms with Crippen LogP contribution in [0.5, 0.6) is 0 Å². The van der Waals surface area contributed by atoms with E-state index in [1.165, 1.54) is 0 Å². The number of likely N-dealkylation sites (N-methyl/N-ethyl adjacent to an activating group) is 1. The number of hydrogen-bond acceptors (Lipinski definition) is 2. The van der Waals surface area contributed by atoms with Gasteiger partial charge in [-0.15, -0.1) is 6.58 Å². The van der Waals surface area contributed by atoms with Gasteiger partial charge in [-0.3, -0.25) is 0 Å². The highest BCUT2D eigenvalue weighted by Gasteiger charge is 2.29. The lowest BCUT2D eigenvalue weighted by Crippen LogP contribution is -2.53. The summed E-state index contributed by atoms with van der Waals surface area (Å²) in [6, 6.07) is 0.572. The normalized spacial score (nSPS) is 31.3. The summed E-state index contributed by atoms with van der Waals surface area (Å²) < 4.78 is 5.30. The Labute approximate surface area is 62.3 Å². The Bertz CT molecular complexity index is 114. The third-order valence-electron chi connectivity index (χ3n) is 1.80. The molecule has 0 aromatic carbocycles. The van der Waals surface area contributed by atoms with Gasteiger partial charge in [-0.05, 0) is 13.0 Å². The molecule has 1 heterocycles. The van der Waals surface area contributed by atoms with Crippen molar-refractivity contribution in [1.29, 1.82) is 0 Å². The van der Waals surface area contributed by atoms with E-state index in [2.05, 4.69) is 18.8 Å². The molecule has 0 aromatic heterocycles. The Morgan fingerprint density at radius 1 is 1.80 bits per heavy atom. The van der Waals surface area contributed by atoms with Gasteiger partial charge in [0.15, 0.2) is 0 Å². The lowest BCUT2D eigenvalue weighted by atomic mass is 10.0. The molecule has 0 saturated carbocycles. The van der Waals surface area contributed by atoms with Gasteiger partial charge in [-0.2, -0.15) is 0 Å². The van der Waals surface area contributed by atoms with Crippen molar-refractivity contribution in [2.24, 2.45) is 0 Å². The fourth-order valence-corrected chi connectivity index (χ4v) is 1.18. The fraction of sp³-hybridized carbons (Fsp3) is 0.750. The third kappa shape index (κ3) is 1.58. The van der Waals surface area contributed by atoms with Crippen LogP contribution in [0.25, 0.3) is 0 Å². The van der Waals surface area contributed by atoms with Crippen LogP contribution in [0.2, 0.25) is 0 Å². The molecule has 0 amide bonds. The summed E-state index contributed by atoms with van der Waals surface area (Å²) >= 11 is 0. The highest BCUT2D eigenvalue weighted by atomic mass is 16.5. The van der Waals surface area contributed by atoms with Crippen LogP contribution in [0.3, 0.4) is 0 Å². The molecule has 1 aliphatic rings. The molecule has 2 atom stereocenters. The largest absolute Gasteiger partial charge is 0.374 e. The first-order valence-electron chi connectivity index (χ1n) is 3.84. The molecule has 0 radical (unpaired) electrons. The lowest BCUT2D eigenvalue weighted by molar-refractivity contribution is -0.0835. The molecule has 2 heteroatoms. The SMILES string of the molecule is C=CCC1OCC1NCC. The van der Waals surface area contributed by atoms with E-state index in [1.54, 1.807) is 0 Å². The number of ether oxygens (including phenoxy) is 1. The van der Waals surface area contributed by atoms with Crippen LogP contribution in [-0.2, 0) is 4.74 Å². The standard InChI is InChI=1S/C8H15NO/c1-3-5-8-7(6-10-8)9-4-2/h3,7-9H,1,4-6H2,2H3. The topological polar surface area (TPSA) is 21.3 Å². The quantitative estimate of drug-likeness (QED) is 0.588. The van der Waals surface area contributed by atoms with Crippen LogP contribution in [0.1, 0.15) is 13.3 Å². The molecule has 1 N–H and O–H groups in total. The summed E-state index contributed by atoms with van der Waals surface area (Å²) in [5.74, 6) is 0. The molecule has 58 valence electrons. The Balaban J connectivity index is 2.15. The van der Waals surface area contributed by atoms with Crippen molar-refractivity contribution in [3.63, 3.8) is 0 Å². The molecule has 0 bridgehead atoms. The Hall–Kier alpha value is -0.340. The first-order valence-corrected chi connectivity index (χ1v) is 3.84. The van der Waals surface area contributed by atoms with Gasteiger partial charge in [0.2, 0.25) is 0 Å². The monoisotopic (exact) mass is 141 g/mol. The molecule has 0 spiro atoms. The minimum absolute atomic E-state index is 0.387. The van der Waals surface area contributed by atoms with Crippen LogP contribution < -0.4 is 5.32 Å². The average Bonchev–Trinajstić information content (AvgIpc) is 1.93. The number of nitrogens with one attached hydrogen (secondary N) is 1. The average molecular weight is 141 g/mol. The Kier molecular flexibility index (Phi) is 2.90. The predicted molar refractivity (Wildman–Crippen MR) is 42.0 cm³/mol. The zero-order valence-electron chi connectivity index (χ0n) is 6.47. The first kappa shape index (κ1) is 7.76. The second-order valence-electron chi connectivity index (χ2n) is 2.56. The Morgan fingerprint density at radius 3 is 3.00 bits per heavy atom. The van der Waals surface area contributed by atoms with Gasteiger partial charge in [0.05, 0.1) is 18.8 Å². The molecular formula is C8H15NO. The van der Waals surface area contributed by atoms with E-state index in [1.807, 2.05) is 6.08 Å². The van der Waals surface area contributed by atoms with E-state index in [-0.39, 0.29) is 0 Å².